The number of hydrogen-bond donors (Lipinski definition) is 1. The molecule has 0 fully saturated rings. The highest BCUT2D eigenvalue weighted by Gasteiger charge is 2.05. The first kappa shape index (κ1) is 14.5. The summed E-state index contributed by atoms with van der Waals surface area (Å²) in [5, 5.41) is 3.24. The average Bonchev–Trinajstić information content (AvgIpc) is 2.45. The van der Waals surface area contributed by atoms with Crippen LogP contribution >= 0.6 is 0 Å². The van der Waals surface area contributed by atoms with E-state index in [0.717, 1.165) is 24.7 Å². The zero-order chi connectivity index (χ0) is 14.4. The molecule has 0 unspecified atom stereocenters. The van der Waals surface area contributed by atoms with Crippen LogP contribution in [0.4, 0.5) is 8.78 Å². The minimum Gasteiger partial charge on any atom is -0.486 e. The molecule has 0 aromatic heterocycles. The number of hydrogen-bond acceptors (Lipinski definition) is 2. The average molecular weight is 277 g/mol. The smallest absolute Gasteiger partial charge is 0.167 e. The maximum absolute atomic E-state index is 13.4. The van der Waals surface area contributed by atoms with E-state index >= 15 is 0 Å². The van der Waals surface area contributed by atoms with E-state index in [9.17, 15) is 8.78 Å². The molecule has 4 heteroatoms. The second-order valence-electron chi connectivity index (χ2n) is 4.46. The van der Waals surface area contributed by atoms with E-state index in [-0.39, 0.29) is 12.4 Å². The van der Waals surface area contributed by atoms with Gasteiger partial charge >= 0.3 is 0 Å². The van der Waals surface area contributed by atoms with Gasteiger partial charge in [0.15, 0.2) is 11.6 Å². The second kappa shape index (κ2) is 7.01. The van der Waals surface area contributed by atoms with Gasteiger partial charge in [-0.25, -0.2) is 8.78 Å². The van der Waals surface area contributed by atoms with Crippen LogP contribution in [0.15, 0.2) is 42.5 Å². The van der Waals surface area contributed by atoms with Gasteiger partial charge in [-0.15, -0.1) is 0 Å². The summed E-state index contributed by atoms with van der Waals surface area (Å²) in [7, 11) is 0. The Bertz CT molecular complexity index is 555. The summed E-state index contributed by atoms with van der Waals surface area (Å²) in [6.45, 7) is 4.06. The van der Waals surface area contributed by atoms with Crippen LogP contribution in [0.2, 0.25) is 0 Å². The molecule has 0 radical (unpaired) electrons. The zero-order valence-corrected chi connectivity index (χ0v) is 11.3. The van der Waals surface area contributed by atoms with Gasteiger partial charge in [0.2, 0.25) is 0 Å². The molecule has 0 aliphatic rings. The van der Waals surface area contributed by atoms with Crippen LogP contribution in [0.1, 0.15) is 18.1 Å². The largest absolute Gasteiger partial charge is 0.486 e. The molecule has 0 bridgehead atoms. The molecule has 0 saturated carbocycles. The van der Waals surface area contributed by atoms with Crippen LogP contribution in [0.3, 0.4) is 0 Å². The fourth-order valence-corrected chi connectivity index (χ4v) is 1.78. The standard InChI is InChI=1S/C16H17F2NO/c1-2-19-10-12-3-5-13(6-4-12)11-20-16-8-7-14(17)9-15(16)18/h3-9,19H,2,10-11H2,1H3. The number of nitrogens with one attached hydrogen (secondary N) is 1. The van der Waals surface area contributed by atoms with Crippen molar-refractivity contribution in [2.45, 2.75) is 20.1 Å². The highest BCUT2D eigenvalue weighted by atomic mass is 19.1. The number of rotatable bonds is 6. The van der Waals surface area contributed by atoms with Crippen molar-refractivity contribution in [2.24, 2.45) is 0 Å². The van der Waals surface area contributed by atoms with Gasteiger partial charge in [0.05, 0.1) is 0 Å². The summed E-state index contributed by atoms with van der Waals surface area (Å²) in [5.74, 6) is -1.24. The van der Waals surface area contributed by atoms with Crippen LogP contribution in [-0.4, -0.2) is 6.54 Å². The lowest BCUT2D eigenvalue weighted by atomic mass is 10.1. The highest BCUT2D eigenvalue weighted by Crippen LogP contribution is 2.19. The quantitative estimate of drug-likeness (QED) is 0.870. The Morgan fingerprint density at radius 1 is 1.00 bits per heavy atom. The van der Waals surface area contributed by atoms with Gasteiger partial charge in [-0.3, -0.25) is 0 Å². The maximum Gasteiger partial charge on any atom is 0.167 e. The van der Waals surface area contributed by atoms with Crippen molar-refractivity contribution < 1.29 is 13.5 Å². The molecule has 2 nitrogen and oxygen atoms in total. The summed E-state index contributed by atoms with van der Waals surface area (Å²) in [6.07, 6.45) is 0. The minimum atomic E-state index is -0.686. The summed E-state index contributed by atoms with van der Waals surface area (Å²) in [4.78, 5) is 0. The van der Waals surface area contributed by atoms with Crippen LogP contribution in [0.5, 0.6) is 5.75 Å². The predicted octanol–water partition coefficient (Wildman–Crippen LogP) is 3.65. The normalized spacial score (nSPS) is 10.6. The lowest BCUT2D eigenvalue weighted by Gasteiger charge is -2.08. The molecule has 0 amide bonds. The number of halogens is 2. The van der Waals surface area contributed by atoms with Crippen LogP contribution < -0.4 is 10.1 Å². The molecule has 0 spiro atoms. The van der Waals surface area contributed by atoms with E-state index < -0.39 is 11.6 Å². The van der Waals surface area contributed by atoms with Crippen LogP contribution in [0.25, 0.3) is 0 Å². The summed E-state index contributed by atoms with van der Waals surface area (Å²) in [5.41, 5.74) is 2.12. The first-order valence-corrected chi connectivity index (χ1v) is 6.55. The molecule has 2 aromatic rings. The third-order valence-corrected chi connectivity index (χ3v) is 2.89. The van der Waals surface area contributed by atoms with Gasteiger partial charge in [0.1, 0.15) is 12.4 Å². The molecule has 0 saturated heterocycles. The maximum atomic E-state index is 13.4. The minimum absolute atomic E-state index is 0.0585. The topological polar surface area (TPSA) is 21.3 Å². The first-order chi connectivity index (χ1) is 9.69. The fraction of sp³-hybridized carbons (Fsp3) is 0.250. The van der Waals surface area contributed by atoms with E-state index in [1.807, 2.05) is 24.3 Å². The van der Waals surface area contributed by atoms with Crippen molar-refractivity contribution in [3.8, 4) is 5.75 Å². The summed E-state index contributed by atoms with van der Waals surface area (Å²) >= 11 is 0. The van der Waals surface area contributed by atoms with Crippen LogP contribution in [-0.2, 0) is 13.2 Å². The summed E-state index contributed by atoms with van der Waals surface area (Å²) < 4.78 is 31.5. The van der Waals surface area contributed by atoms with E-state index in [0.29, 0.717) is 0 Å². The molecular weight excluding hydrogens is 260 g/mol. The van der Waals surface area contributed by atoms with Gasteiger partial charge in [-0.2, -0.15) is 0 Å². The monoisotopic (exact) mass is 277 g/mol. The summed E-state index contributed by atoms with van der Waals surface area (Å²) in [6, 6.07) is 11.2. The molecule has 106 valence electrons. The Labute approximate surface area is 117 Å². The molecule has 1 N–H and O–H groups in total. The van der Waals surface area contributed by atoms with Gasteiger partial charge in [-0.05, 0) is 29.8 Å². The molecule has 0 aliphatic carbocycles. The second-order valence-corrected chi connectivity index (χ2v) is 4.46. The van der Waals surface area contributed by atoms with Crippen molar-refractivity contribution in [3.05, 3.63) is 65.2 Å². The van der Waals surface area contributed by atoms with Crippen molar-refractivity contribution in [1.29, 1.82) is 0 Å². The Hall–Kier alpha value is -1.94. The third kappa shape index (κ3) is 4.03. The molecule has 2 aromatic carbocycles. The van der Waals surface area contributed by atoms with E-state index in [4.69, 9.17) is 4.74 Å². The lowest BCUT2D eigenvalue weighted by molar-refractivity contribution is 0.289. The molecule has 0 aliphatic heterocycles. The van der Waals surface area contributed by atoms with Gasteiger partial charge in [0, 0.05) is 12.6 Å². The van der Waals surface area contributed by atoms with Gasteiger partial charge in [-0.1, -0.05) is 31.2 Å². The van der Waals surface area contributed by atoms with E-state index in [1.165, 1.54) is 17.7 Å². The van der Waals surface area contributed by atoms with Crippen LogP contribution in [0, 0.1) is 11.6 Å². The number of benzene rings is 2. The highest BCUT2D eigenvalue weighted by molar-refractivity contribution is 5.26. The molecule has 2 rings (SSSR count). The van der Waals surface area contributed by atoms with E-state index in [2.05, 4.69) is 12.2 Å². The number of ether oxygens (including phenoxy) is 1. The van der Waals surface area contributed by atoms with Crippen molar-refractivity contribution in [3.63, 3.8) is 0 Å². The van der Waals surface area contributed by atoms with E-state index in [1.54, 1.807) is 0 Å². The van der Waals surface area contributed by atoms with Crippen molar-refractivity contribution in [2.75, 3.05) is 6.54 Å². The molecule has 20 heavy (non-hydrogen) atoms. The molecule has 0 heterocycles. The first-order valence-electron chi connectivity index (χ1n) is 6.55. The molecule has 0 atom stereocenters. The Morgan fingerprint density at radius 2 is 1.70 bits per heavy atom. The van der Waals surface area contributed by atoms with Gasteiger partial charge in [0.25, 0.3) is 0 Å². The SMILES string of the molecule is CCNCc1ccc(COc2ccc(F)cc2F)cc1. The Morgan fingerprint density at radius 3 is 2.35 bits per heavy atom. The predicted molar refractivity (Wildman–Crippen MR) is 74.5 cm³/mol. The zero-order valence-electron chi connectivity index (χ0n) is 11.3. The fourth-order valence-electron chi connectivity index (χ4n) is 1.78. The van der Waals surface area contributed by atoms with Crippen molar-refractivity contribution in [1.82, 2.24) is 5.32 Å². The van der Waals surface area contributed by atoms with Crippen molar-refractivity contribution >= 4 is 0 Å². The Kier molecular flexibility index (Phi) is 5.07. The lowest BCUT2D eigenvalue weighted by Crippen LogP contribution is -2.11. The van der Waals surface area contributed by atoms with Gasteiger partial charge < -0.3 is 10.1 Å². The molecular formula is C16H17F2NO. The third-order valence-electron chi connectivity index (χ3n) is 2.89. The Balaban J connectivity index is 1.93.